The average Bonchev–Trinajstić information content (AvgIpc) is 2.74. The van der Waals surface area contributed by atoms with Crippen LogP contribution in [0.5, 0.6) is 0 Å². The third kappa shape index (κ3) is 5.91. The highest BCUT2D eigenvalue weighted by Gasteiger charge is 2.24. The maximum absolute atomic E-state index is 12.9. The topological polar surface area (TPSA) is 58.6 Å². The largest absolute Gasteiger partial charge is 0.469 e. The lowest BCUT2D eigenvalue weighted by atomic mass is 9.88. The number of aryl methyl sites for hydroxylation is 1. The molecule has 2 aromatic rings. The second-order valence-electron chi connectivity index (χ2n) is 7.79. The summed E-state index contributed by atoms with van der Waals surface area (Å²) in [7, 11) is 1.40. The van der Waals surface area contributed by atoms with Crippen molar-refractivity contribution in [3.63, 3.8) is 0 Å². The van der Waals surface area contributed by atoms with Crippen LogP contribution < -0.4 is 5.32 Å². The number of hydrogen-bond donors (Lipinski definition) is 1. The molecule has 1 aliphatic carbocycles. The normalized spacial score (nSPS) is 16.7. The standard InChI is InChI=1S/C24H30N2O3/c1-18(24(28)29-2)15-26(16-19-9-4-3-5-10-19)17-23(27)25-22-14-8-12-20-11-6-7-13-21(20)22/h3-7,9-11,13,18,22H,8,12,14-17H2,1-2H3,(H,25,27). The van der Waals surface area contributed by atoms with Gasteiger partial charge in [-0.05, 0) is 36.0 Å². The summed E-state index contributed by atoms with van der Waals surface area (Å²) in [4.78, 5) is 26.8. The number of benzene rings is 2. The maximum atomic E-state index is 12.9. The molecule has 0 radical (unpaired) electrons. The first-order valence-corrected chi connectivity index (χ1v) is 10.3. The summed E-state index contributed by atoms with van der Waals surface area (Å²) >= 11 is 0. The Kier molecular flexibility index (Phi) is 7.42. The van der Waals surface area contributed by atoms with E-state index in [0.717, 1.165) is 24.8 Å². The molecule has 154 valence electrons. The summed E-state index contributed by atoms with van der Waals surface area (Å²) in [5.74, 6) is -0.573. The molecule has 2 unspecified atom stereocenters. The SMILES string of the molecule is COC(=O)C(C)CN(CC(=O)NC1CCCc2ccccc21)Cc1ccccc1. The Hall–Kier alpha value is -2.66. The van der Waals surface area contributed by atoms with Crippen molar-refractivity contribution in [1.82, 2.24) is 10.2 Å². The molecule has 3 rings (SSSR count). The molecule has 2 aromatic carbocycles. The lowest BCUT2D eigenvalue weighted by Crippen LogP contribution is -2.42. The molecule has 0 fully saturated rings. The first-order valence-electron chi connectivity index (χ1n) is 10.3. The van der Waals surface area contributed by atoms with Crippen LogP contribution in [0.4, 0.5) is 0 Å². The van der Waals surface area contributed by atoms with E-state index in [1.807, 2.05) is 48.2 Å². The predicted molar refractivity (Wildman–Crippen MR) is 113 cm³/mol. The minimum atomic E-state index is -0.299. The van der Waals surface area contributed by atoms with Crippen molar-refractivity contribution >= 4 is 11.9 Å². The highest BCUT2D eigenvalue weighted by atomic mass is 16.5. The number of fused-ring (bicyclic) bond motifs is 1. The first-order chi connectivity index (χ1) is 14.1. The number of amides is 1. The van der Waals surface area contributed by atoms with Gasteiger partial charge in [0.25, 0.3) is 0 Å². The molecule has 5 heteroatoms. The smallest absolute Gasteiger partial charge is 0.309 e. The molecule has 2 atom stereocenters. The monoisotopic (exact) mass is 394 g/mol. The quantitative estimate of drug-likeness (QED) is 0.697. The van der Waals surface area contributed by atoms with Gasteiger partial charge in [-0.25, -0.2) is 0 Å². The van der Waals surface area contributed by atoms with Crippen LogP contribution in [0.25, 0.3) is 0 Å². The van der Waals surface area contributed by atoms with Crippen LogP contribution in [0.3, 0.4) is 0 Å². The molecule has 0 spiro atoms. The third-order valence-electron chi connectivity index (χ3n) is 5.46. The van der Waals surface area contributed by atoms with Gasteiger partial charge in [-0.1, -0.05) is 61.5 Å². The van der Waals surface area contributed by atoms with Gasteiger partial charge in [-0.3, -0.25) is 14.5 Å². The minimum absolute atomic E-state index is 0.0142. The van der Waals surface area contributed by atoms with Crippen molar-refractivity contribution in [2.45, 2.75) is 38.8 Å². The van der Waals surface area contributed by atoms with E-state index < -0.39 is 0 Å². The Morgan fingerprint density at radius 1 is 1.14 bits per heavy atom. The Labute approximate surface area is 173 Å². The van der Waals surface area contributed by atoms with E-state index >= 15 is 0 Å². The summed E-state index contributed by atoms with van der Waals surface area (Å²) in [5, 5.41) is 3.21. The van der Waals surface area contributed by atoms with Crippen LogP contribution in [-0.2, 0) is 27.3 Å². The van der Waals surface area contributed by atoms with Gasteiger partial charge in [0.05, 0.1) is 25.6 Å². The van der Waals surface area contributed by atoms with Crippen LogP contribution in [0.15, 0.2) is 54.6 Å². The maximum Gasteiger partial charge on any atom is 0.309 e. The fourth-order valence-corrected chi connectivity index (χ4v) is 4.04. The molecular formula is C24H30N2O3. The fraction of sp³-hybridized carbons (Fsp3) is 0.417. The van der Waals surface area contributed by atoms with Gasteiger partial charge in [0.1, 0.15) is 0 Å². The molecule has 5 nitrogen and oxygen atoms in total. The van der Waals surface area contributed by atoms with Crippen molar-refractivity contribution in [3.8, 4) is 0 Å². The Morgan fingerprint density at radius 3 is 2.62 bits per heavy atom. The predicted octanol–water partition coefficient (Wildman–Crippen LogP) is 3.49. The van der Waals surface area contributed by atoms with Crippen molar-refractivity contribution in [1.29, 1.82) is 0 Å². The summed E-state index contributed by atoms with van der Waals surface area (Å²) in [6, 6.07) is 18.4. The molecule has 0 saturated heterocycles. The highest BCUT2D eigenvalue weighted by Crippen LogP contribution is 2.29. The fourth-order valence-electron chi connectivity index (χ4n) is 4.04. The molecule has 1 amide bonds. The zero-order chi connectivity index (χ0) is 20.6. The number of ether oxygens (including phenoxy) is 1. The number of esters is 1. The summed E-state index contributed by atoms with van der Waals surface area (Å²) in [5.41, 5.74) is 3.66. The zero-order valence-corrected chi connectivity index (χ0v) is 17.3. The molecule has 29 heavy (non-hydrogen) atoms. The van der Waals surface area contributed by atoms with Gasteiger partial charge < -0.3 is 10.1 Å². The lowest BCUT2D eigenvalue weighted by molar-refractivity contribution is -0.145. The number of carbonyl (C=O) groups is 2. The number of hydrogen-bond acceptors (Lipinski definition) is 4. The first kappa shape index (κ1) is 21.1. The number of methoxy groups -OCH3 is 1. The minimum Gasteiger partial charge on any atom is -0.469 e. The Bertz CT molecular complexity index is 822. The average molecular weight is 395 g/mol. The highest BCUT2D eigenvalue weighted by molar-refractivity contribution is 5.79. The molecular weight excluding hydrogens is 364 g/mol. The van der Waals surface area contributed by atoms with E-state index in [9.17, 15) is 9.59 Å². The second-order valence-corrected chi connectivity index (χ2v) is 7.79. The summed E-state index contributed by atoms with van der Waals surface area (Å²) in [6.07, 6.45) is 3.11. The van der Waals surface area contributed by atoms with Gasteiger partial charge in [-0.15, -0.1) is 0 Å². The van der Waals surface area contributed by atoms with E-state index in [1.165, 1.54) is 18.2 Å². The van der Waals surface area contributed by atoms with Crippen LogP contribution in [-0.4, -0.2) is 37.0 Å². The van der Waals surface area contributed by atoms with Crippen LogP contribution in [0, 0.1) is 5.92 Å². The number of rotatable bonds is 8. The van der Waals surface area contributed by atoms with Gasteiger partial charge in [0.2, 0.25) is 5.91 Å². The molecule has 1 aliphatic rings. The Balaban J connectivity index is 1.66. The van der Waals surface area contributed by atoms with Crippen LogP contribution in [0.2, 0.25) is 0 Å². The van der Waals surface area contributed by atoms with E-state index in [2.05, 4.69) is 23.5 Å². The van der Waals surface area contributed by atoms with Gasteiger partial charge in [0.15, 0.2) is 0 Å². The molecule has 0 aliphatic heterocycles. The van der Waals surface area contributed by atoms with E-state index in [0.29, 0.717) is 13.1 Å². The van der Waals surface area contributed by atoms with E-state index in [4.69, 9.17) is 4.74 Å². The number of carbonyl (C=O) groups excluding carboxylic acids is 2. The van der Waals surface area contributed by atoms with Gasteiger partial charge >= 0.3 is 5.97 Å². The Morgan fingerprint density at radius 2 is 1.86 bits per heavy atom. The molecule has 0 aromatic heterocycles. The van der Waals surface area contributed by atoms with Crippen LogP contribution >= 0.6 is 0 Å². The second kappa shape index (κ2) is 10.2. The molecule has 0 bridgehead atoms. The van der Waals surface area contributed by atoms with Crippen molar-refractivity contribution in [3.05, 3.63) is 71.3 Å². The molecule has 0 heterocycles. The molecule has 0 saturated carbocycles. The van der Waals surface area contributed by atoms with E-state index in [1.54, 1.807) is 0 Å². The zero-order valence-electron chi connectivity index (χ0n) is 17.3. The van der Waals surface area contributed by atoms with Crippen LogP contribution in [0.1, 0.15) is 42.5 Å². The van der Waals surface area contributed by atoms with E-state index in [-0.39, 0.29) is 30.4 Å². The van der Waals surface area contributed by atoms with Crippen molar-refractivity contribution in [2.75, 3.05) is 20.2 Å². The van der Waals surface area contributed by atoms with Crippen molar-refractivity contribution < 1.29 is 14.3 Å². The lowest BCUT2D eigenvalue weighted by Gasteiger charge is -2.29. The third-order valence-corrected chi connectivity index (χ3v) is 5.46. The van der Waals surface area contributed by atoms with Gasteiger partial charge in [-0.2, -0.15) is 0 Å². The number of nitrogens with zero attached hydrogens (tertiary/aromatic N) is 1. The number of nitrogens with one attached hydrogen (secondary N) is 1. The van der Waals surface area contributed by atoms with Crippen molar-refractivity contribution in [2.24, 2.45) is 5.92 Å². The van der Waals surface area contributed by atoms with Gasteiger partial charge in [0, 0.05) is 13.1 Å². The molecule has 1 N–H and O–H groups in total. The summed E-state index contributed by atoms with van der Waals surface area (Å²) < 4.78 is 4.86. The summed E-state index contributed by atoms with van der Waals surface area (Å²) in [6.45, 7) is 3.15.